The number of rotatable bonds is 11. The standard InChI is InChI=1S/C15H30O3Si/c1-5-9-10-11-13(15-14(12-16)17-15)18-19(6-2,7-3)8-4/h12-15H,5-11H2,1-4H3/t13-,14-,15-/m1/s1. The molecule has 1 rings (SSSR count). The molecule has 0 aromatic rings. The lowest BCUT2D eigenvalue weighted by Gasteiger charge is -2.33. The van der Waals surface area contributed by atoms with E-state index in [0.29, 0.717) is 0 Å². The molecule has 1 aliphatic rings. The van der Waals surface area contributed by atoms with Crippen LogP contribution < -0.4 is 0 Å². The van der Waals surface area contributed by atoms with Crippen LogP contribution in [-0.2, 0) is 14.0 Å². The molecule has 1 aliphatic heterocycles. The van der Waals surface area contributed by atoms with Crippen LogP contribution in [0.2, 0.25) is 18.1 Å². The lowest BCUT2D eigenvalue weighted by atomic mass is 10.1. The molecule has 3 atom stereocenters. The van der Waals surface area contributed by atoms with Crippen molar-refractivity contribution in [3.05, 3.63) is 0 Å². The maximum Gasteiger partial charge on any atom is 0.192 e. The molecule has 19 heavy (non-hydrogen) atoms. The monoisotopic (exact) mass is 286 g/mol. The van der Waals surface area contributed by atoms with Crippen LogP contribution in [0.4, 0.5) is 0 Å². The van der Waals surface area contributed by atoms with E-state index in [1.54, 1.807) is 0 Å². The summed E-state index contributed by atoms with van der Waals surface area (Å²) in [5.41, 5.74) is 0. The molecular weight excluding hydrogens is 256 g/mol. The number of carbonyl (C=O) groups excluding carboxylic acids is 1. The molecule has 1 fully saturated rings. The number of ether oxygens (including phenoxy) is 1. The zero-order valence-electron chi connectivity index (χ0n) is 13.0. The number of aldehydes is 1. The molecule has 0 amide bonds. The van der Waals surface area contributed by atoms with Gasteiger partial charge in [-0.25, -0.2) is 0 Å². The van der Waals surface area contributed by atoms with Gasteiger partial charge >= 0.3 is 0 Å². The zero-order chi connectivity index (χ0) is 14.3. The van der Waals surface area contributed by atoms with E-state index in [0.717, 1.165) is 30.8 Å². The molecule has 0 unspecified atom stereocenters. The van der Waals surface area contributed by atoms with Gasteiger partial charge in [-0.05, 0) is 24.6 Å². The number of hydrogen-bond donors (Lipinski definition) is 0. The van der Waals surface area contributed by atoms with E-state index in [1.807, 2.05) is 0 Å². The average Bonchev–Trinajstić information content (AvgIpc) is 3.23. The van der Waals surface area contributed by atoms with Crippen molar-refractivity contribution in [2.75, 3.05) is 0 Å². The first kappa shape index (κ1) is 16.9. The summed E-state index contributed by atoms with van der Waals surface area (Å²) in [6, 6.07) is 3.47. The number of epoxide rings is 1. The third-order valence-electron chi connectivity index (χ3n) is 4.49. The van der Waals surface area contributed by atoms with Gasteiger partial charge in [0.05, 0.1) is 6.10 Å². The van der Waals surface area contributed by atoms with Crippen LogP contribution in [0.1, 0.15) is 53.4 Å². The molecule has 0 radical (unpaired) electrons. The van der Waals surface area contributed by atoms with Gasteiger partial charge in [0.15, 0.2) is 14.6 Å². The van der Waals surface area contributed by atoms with Crippen molar-refractivity contribution < 1.29 is 14.0 Å². The van der Waals surface area contributed by atoms with Gasteiger partial charge in [-0.2, -0.15) is 0 Å². The second-order valence-corrected chi connectivity index (χ2v) is 10.3. The first-order valence-corrected chi connectivity index (χ1v) is 10.5. The molecule has 0 spiro atoms. The van der Waals surface area contributed by atoms with Gasteiger partial charge in [0.1, 0.15) is 12.2 Å². The largest absolute Gasteiger partial charge is 0.411 e. The van der Waals surface area contributed by atoms with Crippen molar-refractivity contribution in [1.82, 2.24) is 0 Å². The van der Waals surface area contributed by atoms with Gasteiger partial charge in [0.2, 0.25) is 0 Å². The minimum absolute atomic E-state index is 0.0332. The molecule has 112 valence electrons. The fraction of sp³-hybridized carbons (Fsp3) is 0.933. The third kappa shape index (κ3) is 4.69. The summed E-state index contributed by atoms with van der Waals surface area (Å²) >= 11 is 0. The normalized spacial score (nSPS) is 24.2. The molecule has 0 aliphatic carbocycles. The number of unbranched alkanes of at least 4 members (excludes halogenated alkanes) is 2. The molecular formula is C15H30O3Si. The van der Waals surface area contributed by atoms with E-state index < -0.39 is 8.32 Å². The van der Waals surface area contributed by atoms with Crippen molar-refractivity contribution >= 4 is 14.6 Å². The first-order valence-electron chi connectivity index (χ1n) is 7.94. The highest BCUT2D eigenvalue weighted by molar-refractivity contribution is 6.73. The maximum absolute atomic E-state index is 10.8. The molecule has 1 heterocycles. The molecule has 0 bridgehead atoms. The Morgan fingerprint density at radius 2 is 1.79 bits per heavy atom. The summed E-state index contributed by atoms with van der Waals surface area (Å²) in [6.07, 6.45) is 5.56. The summed E-state index contributed by atoms with van der Waals surface area (Å²) in [7, 11) is -1.60. The number of hydrogen-bond acceptors (Lipinski definition) is 3. The van der Waals surface area contributed by atoms with Gasteiger partial charge in [-0.3, -0.25) is 0 Å². The molecule has 0 aromatic heterocycles. The van der Waals surface area contributed by atoms with Crippen molar-refractivity contribution in [1.29, 1.82) is 0 Å². The smallest absolute Gasteiger partial charge is 0.192 e. The first-order chi connectivity index (χ1) is 9.16. The fourth-order valence-corrected chi connectivity index (χ4v) is 5.65. The molecule has 1 saturated heterocycles. The Hall–Kier alpha value is -0.193. The van der Waals surface area contributed by atoms with E-state index in [2.05, 4.69) is 27.7 Å². The maximum atomic E-state index is 10.8. The van der Waals surface area contributed by atoms with Crippen LogP contribution >= 0.6 is 0 Å². The lowest BCUT2D eigenvalue weighted by Crippen LogP contribution is -2.42. The summed E-state index contributed by atoms with van der Waals surface area (Å²) in [5, 5.41) is 0. The highest BCUT2D eigenvalue weighted by Crippen LogP contribution is 2.33. The van der Waals surface area contributed by atoms with Gasteiger partial charge in [-0.15, -0.1) is 0 Å². The van der Waals surface area contributed by atoms with Gasteiger partial charge in [0.25, 0.3) is 0 Å². The van der Waals surface area contributed by atoms with E-state index >= 15 is 0 Å². The third-order valence-corrected chi connectivity index (χ3v) is 9.16. The second kappa shape index (κ2) is 8.17. The SMILES string of the molecule is CCCCC[C@@H](O[Si](CC)(CC)CC)[C@H]1O[C@@H]1C=O. The van der Waals surface area contributed by atoms with Crippen molar-refractivity contribution in [2.24, 2.45) is 0 Å². The van der Waals surface area contributed by atoms with Crippen LogP contribution in [0.5, 0.6) is 0 Å². The van der Waals surface area contributed by atoms with Crippen LogP contribution in [0.3, 0.4) is 0 Å². The Kier molecular flexibility index (Phi) is 7.25. The van der Waals surface area contributed by atoms with Crippen molar-refractivity contribution in [2.45, 2.75) is 89.8 Å². The Bertz CT molecular complexity index is 258. The van der Waals surface area contributed by atoms with Crippen LogP contribution in [0, 0.1) is 0 Å². The molecule has 3 nitrogen and oxygen atoms in total. The summed E-state index contributed by atoms with van der Waals surface area (Å²) in [6.45, 7) is 8.94. The Labute approximate surface area is 119 Å². The van der Waals surface area contributed by atoms with E-state index in [4.69, 9.17) is 9.16 Å². The van der Waals surface area contributed by atoms with Crippen LogP contribution in [0.25, 0.3) is 0 Å². The predicted molar refractivity (Wildman–Crippen MR) is 80.9 cm³/mol. The topological polar surface area (TPSA) is 38.8 Å². The molecule has 0 aromatic carbocycles. The minimum atomic E-state index is -1.60. The molecule has 0 N–H and O–H groups in total. The van der Waals surface area contributed by atoms with Crippen LogP contribution in [0.15, 0.2) is 0 Å². The summed E-state index contributed by atoms with van der Waals surface area (Å²) in [4.78, 5) is 10.8. The van der Waals surface area contributed by atoms with E-state index in [-0.39, 0.29) is 18.3 Å². The second-order valence-electron chi connectivity index (χ2n) is 5.60. The summed E-state index contributed by atoms with van der Waals surface area (Å²) in [5.74, 6) is 0. The highest BCUT2D eigenvalue weighted by Gasteiger charge is 2.47. The minimum Gasteiger partial charge on any atom is -0.411 e. The van der Waals surface area contributed by atoms with E-state index in [1.165, 1.54) is 19.3 Å². The lowest BCUT2D eigenvalue weighted by molar-refractivity contribution is -0.108. The Morgan fingerprint density at radius 3 is 2.21 bits per heavy atom. The van der Waals surface area contributed by atoms with E-state index in [9.17, 15) is 4.79 Å². The fourth-order valence-electron chi connectivity index (χ4n) is 2.75. The van der Waals surface area contributed by atoms with Crippen molar-refractivity contribution in [3.63, 3.8) is 0 Å². The quantitative estimate of drug-likeness (QED) is 0.250. The van der Waals surface area contributed by atoms with Gasteiger partial charge < -0.3 is 14.0 Å². The molecule has 0 saturated carbocycles. The van der Waals surface area contributed by atoms with Crippen molar-refractivity contribution in [3.8, 4) is 0 Å². The highest BCUT2D eigenvalue weighted by atomic mass is 28.4. The Balaban J connectivity index is 2.59. The zero-order valence-corrected chi connectivity index (χ0v) is 14.0. The Morgan fingerprint density at radius 1 is 1.16 bits per heavy atom. The van der Waals surface area contributed by atoms with Crippen LogP contribution in [-0.4, -0.2) is 32.9 Å². The summed E-state index contributed by atoms with van der Waals surface area (Å²) < 4.78 is 12.0. The number of carbonyl (C=O) groups is 1. The molecule has 4 heteroatoms. The van der Waals surface area contributed by atoms with Gasteiger partial charge in [0, 0.05) is 0 Å². The average molecular weight is 286 g/mol. The predicted octanol–water partition coefficient (Wildman–Crippen LogP) is 3.92. The van der Waals surface area contributed by atoms with Gasteiger partial charge in [-0.1, -0.05) is 47.0 Å².